The van der Waals surface area contributed by atoms with E-state index in [9.17, 15) is 4.79 Å². The Morgan fingerprint density at radius 3 is 2.56 bits per heavy atom. The van der Waals surface area contributed by atoms with Gasteiger partial charge in [0.1, 0.15) is 17.5 Å². The van der Waals surface area contributed by atoms with Crippen molar-refractivity contribution in [2.75, 3.05) is 6.54 Å². The number of pyridine rings is 1. The lowest BCUT2D eigenvalue weighted by Crippen LogP contribution is -2.53. The molecule has 2 heterocycles. The van der Waals surface area contributed by atoms with Crippen molar-refractivity contribution in [1.82, 2.24) is 9.88 Å². The van der Waals surface area contributed by atoms with Crippen LogP contribution in [0.5, 0.6) is 11.6 Å². The average Bonchev–Trinajstić information content (AvgIpc) is 2.54. The third-order valence-electron chi connectivity index (χ3n) is 4.57. The highest BCUT2D eigenvalue weighted by Crippen LogP contribution is 2.29. The van der Waals surface area contributed by atoms with Crippen LogP contribution in [0.15, 0.2) is 18.3 Å². The molecule has 2 rings (SSSR count). The molecular formula is C21H34N2O4. The fraction of sp³-hybridized carbons (Fsp3) is 0.714. The lowest BCUT2D eigenvalue weighted by molar-refractivity contribution is -0.0212. The molecule has 1 aromatic heterocycles. The zero-order valence-electron chi connectivity index (χ0n) is 17.7. The van der Waals surface area contributed by atoms with Gasteiger partial charge in [-0.2, -0.15) is 0 Å². The molecule has 1 saturated heterocycles. The van der Waals surface area contributed by atoms with Crippen molar-refractivity contribution in [3.05, 3.63) is 18.3 Å². The van der Waals surface area contributed by atoms with Crippen LogP contribution in [0.25, 0.3) is 0 Å². The minimum Gasteiger partial charge on any atom is -0.489 e. The number of rotatable bonds is 5. The third-order valence-corrected chi connectivity index (χ3v) is 4.57. The highest BCUT2D eigenvalue weighted by atomic mass is 16.6. The van der Waals surface area contributed by atoms with Crippen molar-refractivity contribution in [3.63, 3.8) is 0 Å². The summed E-state index contributed by atoms with van der Waals surface area (Å²) in [5.74, 6) is 1.56. The fourth-order valence-corrected chi connectivity index (χ4v) is 3.25. The maximum Gasteiger partial charge on any atom is 0.410 e. The molecule has 6 nitrogen and oxygen atoms in total. The quantitative estimate of drug-likeness (QED) is 0.745. The first kappa shape index (κ1) is 21.3. The molecule has 1 aliphatic rings. The van der Waals surface area contributed by atoms with Crippen LogP contribution in [-0.2, 0) is 4.74 Å². The Morgan fingerprint density at radius 1 is 1.33 bits per heavy atom. The Labute approximate surface area is 163 Å². The molecule has 0 N–H and O–H groups in total. The number of nitrogens with zero attached hydrogens (tertiary/aromatic N) is 2. The van der Waals surface area contributed by atoms with Crippen LogP contribution in [0, 0.1) is 5.92 Å². The smallest absolute Gasteiger partial charge is 0.410 e. The lowest BCUT2D eigenvalue weighted by Gasteiger charge is -2.42. The average molecular weight is 379 g/mol. The summed E-state index contributed by atoms with van der Waals surface area (Å²) in [5.41, 5.74) is -0.490. The van der Waals surface area contributed by atoms with Crippen molar-refractivity contribution in [2.24, 2.45) is 5.92 Å². The predicted octanol–water partition coefficient (Wildman–Crippen LogP) is 4.67. The summed E-state index contributed by atoms with van der Waals surface area (Å²) in [5, 5.41) is 0. The topological polar surface area (TPSA) is 60.9 Å². The van der Waals surface area contributed by atoms with Crippen molar-refractivity contribution in [3.8, 4) is 11.6 Å². The first-order valence-electron chi connectivity index (χ1n) is 9.88. The standard InChI is InChI=1S/C21H34N2O4/c1-8-16-13-23(20(24)27-21(5,6)7)15(4)11-18(16)26-19-10-9-17(12-22-19)25-14(2)3/h9-10,12,14-16,18H,8,11,13H2,1-7H3/t15-,16+,18+/m1/s1. The summed E-state index contributed by atoms with van der Waals surface area (Å²) in [4.78, 5) is 18.7. The summed E-state index contributed by atoms with van der Waals surface area (Å²) in [7, 11) is 0. The zero-order chi connectivity index (χ0) is 20.2. The predicted molar refractivity (Wildman–Crippen MR) is 105 cm³/mol. The molecule has 0 unspecified atom stereocenters. The van der Waals surface area contributed by atoms with Crippen LogP contribution in [0.4, 0.5) is 4.79 Å². The highest BCUT2D eigenvalue weighted by molar-refractivity contribution is 5.68. The monoisotopic (exact) mass is 378 g/mol. The van der Waals surface area contributed by atoms with Gasteiger partial charge in [-0.1, -0.05) is 6.92 Å². The van der Waals surface area contributed by atoms with E-state index in [4.69, 9.17) is 14.2 Å². The molecule has 0 bridgehead atoms. The molecule has 0 aromatic carbocycles. The molecular weight excluding hydrogens is 344 g/mol. The summed E-state index contributed by atoms with van der Waals surface area (Å²) in [6.07, 6.45) is 3.25. The van der Waals surface area contributed by atoms with Gasteiger partial charge in [0.2, 0.25) is 5.88 Å². The number of hydrogen-bond donors (Lipinski definition) is 0. The lowest BCUT2D eigenvalue weighted by atomic mass is 9.88. The molecule has 27 heavy (non-hydrogen) atoms. The molecule has 0 spiro atoms. The second-order valence-corrected chi connectivity index (χ2v) is 8.54. The van der Waals surface area contributed by atoms with Gasteiger partial charge in [0.15, 0.2) is 0 Å². The summed E-state index contributed by atoms with van der Waals surface area (Å²) in [6.45, 7) is 14.4. The first-order chi connectivity index (χ1) is 12.6. The van der Waals surface area contributed by atoms with Crippen LogP contribution >= 0.6 is 0 Å². The molecule has 1 amide bonds. The minimum absolute atomic E-state index is 0.0213. The second-order valence-electron chi connectivity index (χ2n) is 8.54. The molecule has 1 aromatic rings. The fourth-order valence-electron chi connectivity index (χ4n) is 3.25. The van der Waals surface area contributed by atoms with E-state index in [1.54, 1.807) is 6.20 Å². The van der Waals surface area contributed by atoms with Crippen molar-refractivity contribution in [2.45, 2.75) is 85.2 Å². The van der Waals surface area contributed by atoms with Gasteiger partial charge < -0.3 is 19.1 Å². The van der Waals surface area contributed by atoms with Gasteiger partial charge in [-0.3, -0.25) is 0 Å². The van der Waals surface area contributed by atoms with E-state index in [2.05, 4.69) is 11.9 Å². The van der Waals surface area contributed by atoms with Gasteiger partial charge in [-0.05, 0) is 54.0 Å². The molecule has 0 aliphatic carbocycles. The van der Waals surface area contributed by atoms with Crippen molar-refractivity contribution in [1.29, 1.82) is 0 Å². The van der Waals surface area contributed by atoms with Gasteiger partial charge in [0, 0.05) is 31.0 Å². The molecule has 152 valence electrons. The van der Waals surface area contributed by atoms with Gasteiger partial charge >= 0.3 is 6.09 Å². The molecule has 3 atom stereocenters. The van der Waals surface area contributed by atoms with Gasteiger partial charge in [0.25, 0.3) is 0 Å². The highest BCUT2D eigenvalue weighted by Gasteiger charge is 2.38. The van der Waals surface area contributed by atoms with Crippen molar-refractivity contribution < 1.29 is 19.0 Å². The van der Waals surface area contributed by atoms with E-state index in [1.807, 2.05) is 58.6 Å². The maximum absolute atomic E-state index is 12.5. The maximum atomic E-state index is 12.5. The Bertz CT molecular complexity index is 610. The van der Waals surface area contributed by atoms with Crippen LogP contribution in [-0.4, -0.2) is 46.4 Å². The Morgan fingerprint density at radius 2 is 2.04 bits per heavy atom. The minimum atomic E-state index is -0.490. The number of hydrogen-bond acceptors (Lipinski definition) is 5. The van der Waals surface area contributed by atoms with E-state index >= 15 is 0 Å². The van der Waals surface area contributed by atoms with Crippen molar-refractivity contribution >= 4 is 6.09 Å². The first-order valence-corrected chi connectivity index (χ1v) is 9.88. The zero-order valence-corrected chi connectivity index (χ0v) is 17.7. The van der Waals surface area contributed by atoms with Crippen LogP contribution in [0.3, 0.4) is 0 Å². The third kappa shape index (κ3) is 6.29. The van der Waals surface area contributed by atoms with Crippen LogP contribution < -0.4 is 9.47 Å². The number of carbonyl (C=O) groups excluding carboxylic acids is 1. The summed E-state index contributed by atoms with van der Waals surface area (Å²) in [6, 6.07) is 3.77. The Balaban J connectivity index is 2.01. The van der Waals surface area contributed by atoms with E-state index < -0.39 is 5.60 Å². The summed E-state index contributed by atoms with van der Waals surface area (Å²) >= 11 is 0. The van der Waals surface area contributed by atoms with E-state index in [-0.39, 0.29) is 30.3 Å². The number of amides is 1. The van der Waals surface area contributed by atoms with Crippen LogP contribution in [0.2, 0.25) is 0 Å². The van der Waals surface area contributed by atoms with Crippen LogP contribution in [0.1, 0.15) is 61.3 Å². The Kier molecular flexibility index (Phi) is 6.95. The largest absolute Gasteiger partial charge is 0.489 e. The van der Waals surface area contributed by atoms with Gasteiger partial charge in [0.05, 0.1) is 12.3 Å². The number of ether oxygens (including phenoxy) is 3. The van der Waals surface area contributed by atoms with E-state index in [1.165, 1.54) is 0 Å². The Hall–Kier alpha value is -1.98. The number of aromatic nitrogens is 1. The normalized spacial score (nSPS) is 23.3. The molecule has 1 aliphatic heterocycles. The summed E-state index contributed by atoms with van der Waals surface area (Å²) < 4.78 is 17.4. The second kappa shape index (κ2) is 8.81. The van der Waals surface area contributed by atoms with E-state index in [0.717, 1.165) is 18.6 Å². The van der Waals surface area contributed by atoms with Gasteiger partial charge in [-0.15, -0.1) is 0 Å². The number of likely N-dealkylation sites (tertiary alicyclic amines) is 1. The van der Waals surface area contributed by atoms with E-state index in [0.29, 0.717) is 12.4 Å². The molecule has 0 saturated carbocycles. The molecule has 6 heteroatoms. The molecule has 1 fully saturated rings. The number of carbonyl (C=O) groups is 1. The SMILES string of the molecule is CC[C@H]1CN(C(=O)OC(C)(C)C)[C@H](C)C[C@@H]1Oc1ccc(OC(C)C)cn1. The molecule has 0 radical (unpaired) electrons. The number of piperidine rings is 1. The van der Waals surface area contributed by atoms with Gasteiger partial charge in [-0.25, -0.2) is 9.78 Å².